The molecule has 24 heavy (non-hydrogen) atoms. The van der Waals surface area contributed by atoms with Crippen molar-refractivity contribution in [1.29, 1.82) is 0 Å². The maximum absolute atomic E-state index is 11.8. The van der Waals surface area contributed by atoms with Crippen molar-refractivity contribution >= 4 is 11.9 Å². The Bertz CT molecular complexity index is 497. The van der Waals surface area contributed by atoms with Gasteiger partial charge >= 0.3 is 5.97 Å². The molecule has 5 heteroatoms. The highest BCUT2D eigenvalue weighted by Crippen LogP contribution is 2.11. The average molecular weight is 335 g/mol. The maximum Gasteiger partial charge on any atom is 0.305 e. The van der Waals surface area contributed by atoms with Gasteiger partial charge in [0.2, 0.25) is 5.91 Å². The van der Waals surface area contributed by atoms with Crippen LogP contribution in [0.3, 0.4) is 0 Å². The molecule has 134 valence electrons. The molecule has 1 aromatic rings. The summed E-state index contributed by atoms with van der Waals surface area (Å²) in [5.41, 5.74) is 1.01. The van der Waals surface area contributed by atoms with Crippen LogP contribution in [0.5, 0.6) is 5.75 Å². The molecule has 5 nitrogen and oxygen atoms in total. The first-order valence-corrected chi connectivity index (χ1v) is 8.56. The monoisotopic (exact) mass is 335 g/mol. The lowest BCUT2D eigenvalue weighted by molar-refractivity contribution is -0.144. The van der Waals surface area contributed by atoms with E-state index in [1.165, 1.54) is 0 Å². The number of esters is 1. The number of benzene rings is 1. The van der Waals surface area contributed by atoms with Gasteiger partial charge in [-0.25, -0.2) is 0 Å². The van der Waals surface area contributed by atoms with Crippen molar-refractivity contribution in [2.45, 2.75) is 52.5 Å². The Morgan fingerprint density at radius 2 is 1.79 bits per heavy atom. The van der Waals surface area contributed by atoms with Crippen molar-refractivity contribution in [3.8, 4) is 5.75 Å². The highest BCUT2D eigenvalue weighted by Gasteiger charge is 2.06. The Labute approximate surface area is 144 Å². The summed E-state index contributed by atoms with van der Waals surface area (Å²) >= 11 is 0. The van der Waals surface area contributed by atoms with Gasteiger partial charge < -0.3 is 14.8 Å². The van der Waals surface area contributed by atoms with Crippen LogP contribution in [0.25, 0.3) is 0 Å². The van der Waals surface area contributed by atoms with Gasteiger partial charge in [-0.2, -0.15) is 0 Å². The topological polar surface area (TPSA) is 64.6 Å². The van der Waals surface area contributed by atoms with Crippen LogP contribution in [0.2, 0.25) is 0 Å². The van der Waals surface area contributed by atoms with Crippen molar-refractivity contribution in [3.63, 3.8) is 0 Å². The third-order valence-corrected chi connectivity index (χ3v) is 3.62. The number of carbonyl (C=O) groups excluding carboxylic acids is 2. The van der Waals surface area contributed by atoms with Gasteiger partial charge in [-0.05, 0) is 42.9 Å². The number of hydrogen-bond acceptors (Lipinski definition) is 4. The minimum atomic E-state index is -0.221. The Balaban J connectivity index is 2.09. The second kappa shape index (κ2) is 11.5. The molecule has 1 N–H and O–H groups in total. The fourth-order valence-corrected chi connectivity index (χ4v) is 2.18. The van der Waals surface area contributed by atoms with Crippen LogP contribution in [-0.2, 0) is 20.9 Å². The summed E-state index contributed by atoms with van der Waals surface area (Å²) in [5, 5.41) is 2.84. The van der Waals surface area contributed by atoms with Gasteiger partial charge in [-0.3, -0.25) is 9.59 Å². The van der Waals surface area contributed by atoms with Crippen LogP contribution in [0, 0.1) is 5.92 Å². The molecule has 0 saturated heterocycles. The molecule has 1 aromatic carbocycles. The molecule has 1 amide bonds. The average Bonchev–Trinajstić information content (AvgIpc) is 2.57. The van der Waals surface area contributed by atoms with E-state index in [1.807, 2.05) is 24.3 Å². The lowest BCUT2D eigenvalue weighted by Gasteiger charge is -2.07. The molecule has 0 aliphatic rings. The molecule has 0 aromatic heterocycles. The molecule has 0 saturated carbocycles. The summed E-state index contributed by atoms with van der Waals surface area (Å²) in [6.07, 6.45) is 3.08. The molecular weight excluding hydrogens is 306 g/mol. The summed E-state index contributed by atoms with van der Waals surface area (Å²) in [5.74, 6) is 1.13. The predicted molar refractivity (Wildman–Crippen MR) is 93.7 cm³/mol. The molecule has 0 radical (unpaired) electrons. The van der Waals surface area contributed by atoms with Crippen LogP contribution in [-0.4, -0.2) is 25.6 Å². The molecular formula is C19H29NO4. The first-order valence-electron chi connectivity index (χ1n) is 8.56. The van der Waals surface area contributed by atoms with Crippen molar-refractivity contribution in [3.05, 3.63) is 29.8 Å². The van der Waals surface area contributed by atoms with Crippen molar-refractivity contribution < 1.29 is 19.1 Å². The molecule has 0 unspecified atom stereocenters. The van der Waals surface area contributed by atoms with Crippen LogP contribution in [0.4, 0.5) is 0 Å². The highest BCUT2D eigenvalue weighted by atomic mass is 16.5. The number of rotatable bonds is 11. The van der Waals surface area contributed by atoms with E-state index >= 15 is 0 Å². The zero-order valence-corrected chi connectivity index (χ0v) is 15.0. The smallest absolute Gasteiger partial charge is 0.305 e. The van der Waals surface area contributed by atoms with Gasteiger partial charge in [-0.15, -0.1) is 0 Å². The molecule has 0 spiro atoms. The molecule has 0 fully saturated rings. The number of ether oxygens (including phenoxy) is 2. The fourth-order valence-electron chi connectivity index (χ4n) is 2.18. The normalized spacial score (nSPS) is 10.5. The number of hydrogen-bond donors (Lipinski definition) is 1. The van der Waals surface area contributed by atoms with E-state index in [2.05, 4.69) is 19.2 Å². The van der Waals surface area contributed by atoms with E-state index in [1.54, 1.807) is 7.11 Å². The SMILES string of the molecule is COc1ccc(CNC(=O)CCCC(=O)OCCCC(C)C)cc1. The van der Waals surface area contributed by atoms with Gasteiger partial charge in [0.15, 0.2) is 0 Å². The Kier molecular flexibility index (Phi) is 9.58. The van der Waals surface area contributed by atoms with Gasteiger partial charge in [0.1, 0.15) is 5.75 Å². The van der Waals surface area contributed by atoms with Crippen molar-refractivity contribution in [2.75, 3.05) is 13.7 Å². The minimum Gasteiger partial charge on any atom is -0.497 e. The lowest BCUT2D eigenvalue weighted by Crippen LogP contribution is -2.22. The van der Waals surface area contributed by atoms with Crippen LogP contribution >= 0.6 is 0 Å². The summed E-state index contributed by atoms with van der Waals surface area (Å²) in [6.45, 7) is 5.24. The number of methoxy groups -OCH3 is 1. The summed E-state index contributed by atoms with van der Waals surface area (Å²) in [7, 11) is 1.62. The molecule has 0 bridgehead atoms. The zero-order chi connectivity index (χ0) is 17.8. The second-order valence-corrected chi connectivity index (χ2v) is 6.23. The first kappa shape index (κ1) is 20.0. The third-order valence-electron chi connectivity index (χ3n) is 3.62. The molecule has 0 aliphatic heterocycles. The lowest BCUT2D eigenvalue weighted by atomic mass is 10.1. The van der Waals surface area contributed by atoms with Gasteiger partial charge in [0, 0.05) is 19.4 Å². The second-order valence-electron chi connectivity index (χ2n) is 6.23. The standard InChI is InChI=1S/C19H29NO4/c1-15(2)6-5-13-24-19(22)8-4-7-18(21)20-14-16-9-11-17(23-3)12-10-16/h9-12,15H,4-8,13-14H2,1-3H3,(H,20,21). The van der Waals surface area contributed by atoms with Crippen molar-refractivity contribution in [2.24, 2.45) is 5.92 Å². The van der Waals surface area contributed by atoms with Crippen LogP contribution in [0.15, 0.2) is 24.3 Å². The van der Waals surface area contributed by atoms with Gasteiger partial charge in [-0.1, -0.05) is 26.0 Å². The third kappa shape index (κ3) is 9.18. The van der Waals surface area contributed by atoms with E-state index in [-0.39, 0.29) is 18.3 Å². The number of nitrogens with one attached hydrogen (secondary N) is 1. The fraction of sp³-hybridized carbons (Fsp3) is 0.579. The number of carbonyl (C=O) groups is 2. The minimum absolute atomic E-state index is 0.0570. The summed E-state index contributed by atoms with van der Waals surface area (Å²) in [6, 6.07) is 7.54. The van der Waals surface area contributed by atoms with E-state index in [0.717, 1.165) is 24.2 Å². The van der Waals surface area contributed by atoms with E-state index < -0.39 is 0 Å². The van der Waals surface area contributed by atoms with E-state index in [0.29, 0.717) is 31.9 Å². The van der Waals surface area contributed by atoms with E-state index in [4.69, 9.17) is 9.47 Å². The first-order chi connectivity index (χ1) is 11.5. The zero-order valence-electron chi connectivity index (χ0n) is 15.0. The Hall–Kier alpha value is -2.04. The summed E-state index contributed by atoms with van der Waals surface area (Å²) < 4.78 is 10.2. The number of amides is 1. The van der Waals surface area contributed by atoms with Crippen LogP contribution < -0.4 is 10.1 Å². The van der Waals surface area contributed by atoms with Gasteiger partial charge in [0.25, 0.3) is 0 Å². The van der Waals surface area contributed by atoms with Crippen LogP contribution in [0.1, 0.15) is 51.5 Å². The largest absolute Gasteiger partial charge is 0.497 e. The quantitative estimate of drug-likeness (QED) is 0.497. The highest BCUT2D eigenvalue weighted by molar-refractivity contribution is 5.77. The molecule has 0 aliphatic carbocycles. The summed E-state index contributed by atoms with van der Waals surface area (Å²) in [4.78, 5) is 23.3. The van der Waals surface area contributed by atoms with E-state index in [9.17, 15) is 9.59 Å². The van der Waals surface area contributed by atoms with Crippen molar-refractivity contribution in [1.82, 2.24) is 5.32 Å². The molecule has 0 atom stereocenters. The Morgan fingerprint density at radius 1 is 1.08 bits per heavy atom. The Morgan fingerprint density at radius 3 is 2.42 bits per heavy atom. The molecule has 0 heterocycles. The maximum atomic E-state index is 11.8. The molecule has 1 rings (SSSR count). The predicted octanol–water partition coefficient (Wildman–Crippen LogP) is 3.46. The van der Waals surface area contributed by atoms with Gasteiger partial charge in [0.05, 0.1) is 13.7 Å².